The Morgan fingerprint density at radius 1 is 1.26 bits per heavy atom. The lowest BCUT2D eigenvalue weighted by molar-refractivity contribution is 0.102. The summed E-state index contributed by atoms with van der Waals surface area (Å²) >= 11 is 1.44. The third-order valence-electron chi connectivity index (χ3n) is 5.96. The number of benzene rings is 1. The van der Waals surface area contributed by atoms with Crippen molar-refractivity contribution < 1.29 is 13.2 Å². The Hall–Kier alpha value is -2.25. The van der Waals surface area contributed by atoms with Gasteiger partial charge >= 0.3 is 0 Å². The lowest BCUT2D eigenvalue weighted by Crippen LogP contribution is -2.39. The number of anilines is 1. The van der Waals surface area contributed by atoms with Gasteiger partial charge in [0.2, 0.25) is 10.0 Å². The van der Waals surface area contributed by atoms with Crippen LogP contribution in [0.15, 0.2) is 29.2 Å². The van der Waals surface area contributed by atoms with E-state index in [1.165, 1.54) is 39.9 Å². The average molecular weight is 459 g/mol. The van der Waals surface area contributed by atoms with E-state index in [2.05, 4.69) is 23.2 Å². The molecule has 1 atom stereocenters. The number of piperidine rings is 1. The third kappa shape index (κ3) is 4.39. The van der Waals surface area contributed by atoms with Crippen molar-refractivity contribution in [3.8, 4) is 6.07 Å². The van der Waals surface area contributed by atoms with E-state index in [4.69, 9.17) is 0 Å². The Morgan fingerprint density at radius 2 is 2.00 bits per heavy atom. The molecule has 1 amide bonds. The van der Waals surface area contributed by atoms with Crippen molar-refractivity contribution in [2.75, 3.05) is 32.0 Å². The van der Waals surface area contributed by atoms with Gasteiger partial charge in [-0.2, -0.15) is 9.57 Å². The van der Waals surface area contributed by atoms with Gasteiger partial charge < -0.3 is 10.2 Å². The Morgan fingerprint density at radius 3 is 2.68 bits per heavy atom. The molecule has 1 fully saturated rings. The molecule has 9 heteroatoms. The molecule has 2 aliphatic heterocycles. The number of likely N-dealkylation sites (N-methyl/N-ethyl adjacent to an activating group) is 1. The first-order chi connectivity index (χ1) is 14.8. The van der Waals surface area contributed by atoms with E-state index in [9.17, 15) is 18.5 Å². The van der Waals surface area contributed by atoms with Gasteiger partial charge in [-0.05, 0) is 62.1 Å². The maximum atomic E-state index is 12.9. The quantitative estimate of drug-likeness (QED) is 0.759. The predicted octanol–water partition coefficient (Wildman–Crippen LogP) is 3.28. The Balaban J connectivity index is 1.51. The Labute approximate surface area is 187 Å². The molecular formula is C22H26N4O3S2. The second-order valence-corrected chi connectivity index (χ2v) is 11.4. The molecule has 3 heterocycles. The maximum Gasteiger partial charge on any atom is 0.256 e. The molecule has 4 rings (SSSR count). The summed E-state index contributed by atoms with van der Waals surface area (Å²) < 4.78 is 27.4. The van der Waals surface area contributed by atoms with Crippen LogP contribution in [-0.4, -0.2) is 50.2 Å². The standard InChI is InChI=1S/C22H26N4O3S2/c1-15-4-3-10-26(13-15)31(28,29)17-7-5-16(6-8-17)21(27)24-22-19(12-23)18-9-11-25(2)14-20(18)30-22/h5-8,15H,3-4,9-11,13-14H2,1-2H3,(H,24,27). The van der Waals surface area contributed by atoms with Gasteiger partial charge in [0.15, 0.2) is 0 Å². The normalized spacial score (nSPS) is 20.1. The van der Waals surface area contributed by atoms with Crippen LogP contribution < -0.4 is 5.32 Å². The number of nitriles is 1. The number of amides is 1. The van der Waals surface area contributed by atoms with Crippen LogP contribution in [0.25, 0.3) is 0 Å². The maximum absolute atomic E-state index is 12.9. The number of fused-ring (bicyclic) bond motifs is 1. The van der Waals surface area contributed by atoms with Crippen LogP contribution in [0, 0.1) is 17.2 Å². The van der Waals surface area contributed by atoms with Crippen LogP contribution in [0.5, 0.6) is 0 Å². The zero-order valence-electron chi connectivity index (χ0n) is 17.7. The lowest BCUT2D eigenvalue weighted by atomic mass is 10.0. The van der Waals surface area contributed by atoms with Gasteiger partial charge in [-0.3, -0.25) is 4.79 Å². The van der Waals surface area contributed by atoms with Crippen LogP contribution in [0.2, 0.25) is 0 Å². The van der Waals surface area contributed by atoms with Gasteiger partial charge in [-0.25, -0.2) is 8.42 Å². The molecule has 1 aromatic heterocycles. The first kappa shape index (κ1) is 22.0. The van der Waals surface area contributed by atoms with Crippen molar-refractivity contribution in [3.05, 3.63) is 45.8 Å². The zero-order chi connectivity index (χ0) is 22.2. The minimum Gasteiger partial charge on any atom is -0.312 e. The van der Waals surface area contributed by atoms with E-state index >= 15 is 0 Å². The second kappa shape index (κ2) is 8.71. The Bertz CT molecular complexity index is 1130. The van der Waals surface area contributed by atoms with E-state index in [1.807, 2.05) is 7.05 Å². The number of hydrogen-bond acceptors (Lipinski definition) is 6. The van der Waals surface area contributed by atoms with Crippen LogP contribution in [0.4, 0.5) is 5.00 Å². The summed E-state index contributed by atoms with van der Waals surface area (Å²) in [6.07, 6.45) is 2.70. The van der Waals surface area contributed by atoms with Crippen LogP contribution >= 0.6 is 11.3 Å². The number of nitrogens with zero attached hydrogens (tertiary/aromatic N) is 3. The van der Waals surface area contributed by atoms with Crippen molar-refractivity contribution in [1.82, 2.24) is 9.21 Å². The van der Waals surface area contributed by atoms with Gasteiger partial charge in [0.1, 0.15) is 11.1 Å². The summed E-state index contributed by atoms with van der Waals surface area (Å²) in [6, 6.07) is 8.28. The molecule has 164 valence electrons. The summed E-state index contributed by atoms with van der Waals surface area (Å²) in [5.74, 6) is -0.00157. The van der Waals surface area contributed by atoms with Crippen molar-refractivity contribution in [1.29, 1.82) is 5.26 Å². The van der Waals surface area contributed by atoms with Gasteiger partial charge in [0, 0.05) is 36.6 Å². The van der Waals surface area contributed by atoms with E-state index in [-0.39, 0.29) is 10.8 Å². The first-order valence-electron chi connectivity index (χ1n) is 10.4. The van der Waals surface area contributed by atoms with Gasteiger partial charge in [-0.15, -0.1) is 11.3 Å². The monoisotopic (exact) mass is 458 g/mol. The molecule has 7 nitrogen and oxygen atoms in total. The van der Waals surface area contributed by atoms with Gasteiger partial charge in [0.05, 0.1) is 10.5 Å². The fourth-order valence-corrected chi connectivity index (χ4v) is 7.08. The molecule has 0 bridgehead atoms. The molecule has 1 unspecified atom stereocenters. The van der Waals surface area contributed by atoms with E-state index < -0.39 is 10.0 Å². The highest BCUT2D eigenvalue weighted by Crippen LogP contribution is 2.36. The lowest BCUT2D eigenvalue weighted by Gasteiger charge is -2.30. The number of rotatable bonds is 4. The predicted molar refractivity (Wildman–Crippen MR) is 121 cm³/mol. The second-order valence-electron chi connectivity index (χ2n) is 8.40. The van der Waals surface area contributed by atoms with E-state index in [0.717, 1.165) is 42.8 Å². The highest BCUT2D eigenvalue weighted by atomic mass is 32.2. The van der Waals surface area contributed by atoms with Crippen molar-refractivity contribution in [2.24, 2.45) is 5.92 Å². The van der Waals surface area contributed by atoms with Crippen molar-refractivity contribution >= 4 is 32.3 Å². The summed E-state index contributed by atoms with van der Waals surface area (Å²) in [6.45, 7) is 4.78. The molecule has 1 N–H and O–H groups in total. The summed E-state index contributed by atoms with van der Waals surface area (Å²) in [4.78, 5) is 16.3. The van der Waals surface area contributed by atoms with Gasteiger partial charge in [0.25, 0.3) is 5.91 Å². The molecule has 0 aliphatic carbocycles. The Kier molecular flexibility index (Phi) is 6.17. The molecule has 0 radical (unpaired) electrons. The van der Waals surface area contributed by atoms with E-state index in [0.29, 0.717) is 35.1 Å². The number of hydrogen-bond donors (Lipinski definition) is 1. The average Bonchev–Trinajstić information content (AvgIpc) is 3.09. The summed E-state index contributed by atoms with van der Waals surface area (Å²) in [7, 11) is -1.52. The van der Waals surface area contributed by atoms with Crippen LogP contribution in [0.3, 0.4) is 0 Å². The van der Waals surface area contributed by atoms with Crippen molar-refractivity contribution in [3.63, 3.8) is 0 Å². The molecule has 2 aromatic rings. The highest BCUT2D eigenvalue weighted by molar-refractivity contribution is 7.89. The SMILES string of the molecule is CC1CCCN(S(=O)(=O)c2ccc(C(=O)Nc3sc4c(c3C#N)CCN(C)C4)cc2)C1. The van der Waals surface area contributed by atoms with Crippen LogP contribution in [-0.2, 0) is 23.0 Å². The number of nitrogens with one attached hydrogen (secondary N) is 1. The summed E-state index contributed by atoms with van der Waals surface area (Å²) in [5, 5.41) is 13.0. The third-order valence-corrected chi connectivity index (χ3v) is 8.97. The molecule has 1 aromatic carbocycles. The molecule has 0 spiro atoms. The highest BCUT2D eigenvalue weighted by Gasteiger charge is 2.29. The minimum absolute atomic E-state index is 0.200. The smallest absolute Gasteiger partial charge is 0.256 e. The number of carbonyl (C=O) groups is 1. The minimum atomic E-state index is -3.56. The molecule has 2 aliphatic rings. The molecule has 0 saturated carbocycles. The van der Waals surface area contributed by atoms with E-state index in [1.54, 1.807) is 0 Å². The topological polar surface area (TPSA) is 93.5 Å². The number of carbonyl (C=O) groups excluding carboxylic acids is 1. The first-order valence-corrected chi connectivity index (χ1v) is 12.7. The number of sulfonamides is 1. The van der Waals surface area contributed by atoms with Crippen LogP contribution in [0.1, 0.15) is 46.1 Å². The largest absolute Gasteiger partial charge is 0.312 e. The molecular weight excluding hydrogens is 432 g/mol. The van der Waals surface area contributed by atoms with Crippen molar-refractivity contribution in [2.45, 2.75) is 37.6 Å². The summed E-state index contributed by atoms with van der Waals surface area (Å²) in [5.41, 5.74) is 1.93. The molecule has 1 saturated heterocycles. The fraction of sp³-hybridized carbons (Fsp3) is 0.455. The zero-order valence-corrected chi connectivity index (χ0v) is 19.4. The number of thiophene rings is 1. The molecule has 31 heavy (non-hydrogen) atoms. The van der Waals surface area contributed by atoms with Gasteiger partial charge in [-0.1, -0.05) is 6.92 Å². The fourth-order valence-electron chi connectivity index (χ4n) is 4.20.